The molecule has 4 nitrogen and oxygen atoms in total. The molecule has 0 aliphatic rings. The van der Waals surface area contributed by atoms with Gasteiger partial charge in [0.25, 0.3) is 0 Å². The lowest BCUT2D eigenvalue weighted by molar-refractivity contribution is -0.121. The van der Waals surface area contributed by atoms with Crippen LogP contribution in [0.2, 0.25) is 5.02 Å². The minimum Gasteiger partial charge on any atom is -0.354 e. The van der Waals surface area contributed by atoms with E-state index in [4.69, 9.17) is 11.6 Å². The summed E-state index contributed by atoms with van der Waals surface area (Å²) >= 11 is 6.11. The van der Waals surface area contributed by atoms with Crippen molar-refractivity contribution in [3.63, 3.8) is 0 Å². The van der Waals surface area contributed by atoms with E-state index >= 15 is 0 Å². The maximum Gasteiger partial charge on any atom is 0.224 e. The number of amides is 2. The number of hydrogen-bond donors (Lipinski definition) is 1. The summed E-state index contributed by atoms with van der Waals surface area (Å²) in [6, 6.07) is 11.5. The first kappa shape index (κ1) is 18.9. The fourth-order valence-electron chi connectivity index (χ4n) is 2.52. The van der Waals surface area contributed by atoms with Crippen LogP contribution in [-0.2, 0) is 16.0 Å². The van der Waals surface area contributed by atoms with Gasteiger partial charge in [-0.3, -0.25) is 9.59 Å². The Kier molecular flexibility index (Phi) is 6.53. The van der Waals surface area contributed by atoms with E-state index in [1.165, 1.54) is 13.0 Å². The standard InChI is InChI=1S/C19H20ClFN2O2/c1-13-16(20)7-5-9-18(13)23(14(2)24)11-10-22-19(25)12-15-6-3-4-8-17(15)21/h3-9H,10-12H2,1-2H3,(H,22,25). The smallest absolute Gasteiger partial charge is 0.224 e. The van der Waals surface area contributed by atoms with Gasteiger partial charge in [0, 0.05) is 30.7 Å². The molecule has 2 aromatic carbocycles. The second-order valence-electron chi connectivity index (χ2n) is 5.67. The summed E-state index contributed by atoms with van der Waals surface area (Å²) in [5, 5.41) is 3.29. The molecule has 132 valence electrons. The topological polar surface area (TPSA) is 49.4 Å². The van der Waals surface area contributed by atoms with E-state index in [1.54, 1.807) is 35.2 Å². The zero-order valence-electron chi connectivity index (χ0n) is 14.2. The Bertz CT molecular complexity index is 780. The lowest BCUT2D eigenvalue weighted by Gasteiger charge is -2.23. The third-order valence-corrected chi connectivity index (χ3v) is 4.29. The molecule has 0 atom stereocenters. The molecule has 2 amide bonds. The van der Waals surface area contributed by atoms with E-state index in [2.05, 4.69) is 5.32 Å². The van der Waals surface area contributed by atoms with E-state index in [9.17, 15) is 14.0 Å². The molecule has 0 fully saturated rings. The molecular weight excluding hydrogens is 343 g/mol. The normalized spacial score (nSPS) is 10.4. The van der Waals surface area contributed by atoms with Gasteiger partial charge in [-0.2, -0.15) is 0 Å². The number of nitrogens with zero attached hydrogens (tertiary/aromatic N) is 1. The second-order valence-corrected chi connectivity index (χ2v) is 6.08. The van der Waals surface area contributed by atoms with E-state index in [0.717, 1.165) is 5.56 Å². The monoisotopic (exact) mass is 362 g/mol. The molecule has 0 spiro atoms. The molecule has 1 N–H and O–H groups in total. The molecule has 0 unspecified atom stereocenters. The predicted molar refractivity (Wildman–Crippen MR) is 97.3 cm³/mol. The van der Waals surface area contributed by atoms with E-state index in [1.807, 2.05) is 13.0 Å². The Hall–Kier alpha value is -2.40. The van der Waals surface area contributed by atoms with Gasteiger partial charge in [-0.1, -0.05) is 35.9 Å². The first-order valence-corrected chi connectivity index (χ1v) is 8.31. The number of anilines is 1. The zero-order valence-corrected chi connectivity index (χ0v) is 14.9. The van der Waals surface area contributed by atoms with Gasteiger partial charge in [0.2, 0.25) is 11.8 Å². The minimum absolute atomic E-state index is 0.0388. The number of carbonyl (C=O) groups is 2. The van der Waals surface area contributed by atoms with Crippen molar-refractivity contribution in [1.29, 1.82) is 0 Å². The van der Waals surface area contributed by atoms with Crippen molar-refractivity contribution >= 4 is 29.1 Å². The van der Waals surface area contributed by atoms with Crippen molar-refractivity contribution in [2.75, 3.05) is 18.0 Å². The number of halogens is 2. The fourth-order valence-corrected chi connectivity index (χ4v) is 2.69. The van der Waals surface area contributed by atoms with Gasteiger partial charge in [-0.25, -0.2) is 4.39 Å². The second kappa shape index (κ2) is 8.62. The number of rotatable bonds is 6. The lowest BCUT2D eigenvalue weighted by atomic mass is 10.1. The van der Waals surface area contributed by atoms with Crippen LogP contribution in [0.4, 0.5) is 10.1 Å². The van der Waals surface area contributed by atoms with Crippen LogP contribution in [0.25, 0.3) is 0 Å². The highest BCUT2D eigenvalue weighted by Gasteiger charge is 2.15. The van der Waals surface area contributed by atoms with Crippen molar-refractivity contribution in [2.24, 2.45) is 0 Å². The highest BCUT2D eigenvalue weighted by molar-refractivity contribution is 6.31. The summed E-state index contributed by atoms with van der Waals surface area (Å²) in [6.07, 6.45) is -0.0388. The molecule has 2 aromatic rings. The van der Waals surface area contributed by atoms with Gasteiger partial charge in [-0.05, 0) is 36.2 Å². The number of nitrogens with one attached hydrogen (secondary N) is 1. The van der Waals surface area contributed by atoms with Gasteiger partial charge in [0.05, 0.1) is 6.42 Å². The van der Waals surface area contributed by atoms with Crippen molar-refractivity contribution in [3.8, 4) is 0 Å². The summed E-state index contributed by atoms with van der Waals surface area (Å²) in [5.74, 6) is -0.845. The number of hydrogen-bond acceptors (Lipinski definition) is 2. The van der Waals surface area contributed by atoms with Crippen LogP contribution < -0.4 is 10.2 Å². The highest BCUT2D eigenvalue weighted by atomic mass is 35.5. The number of benzene rings is 2. The van der Waals surface area contributed by atoms with Crippen LogP contribution in [0.5, 0.6) is 0 Å². The van der Waals surface area contributed by atoms with Gasteiger partial charge >= 0.3 is 0 Å². The van der Waals surface area contributed by atoms with E-state index < -0.39 is 5.82 Å². The minimum atomic E-state index is -0.405. The van der Waals surface area contributed by atoms with Crippen LogP contribution in [0, 0.1) is 12.7 Å². The van der Waals surface area contributed by atoms with Crippen LogP contribution in [0.3, 0.4) is 0 Å². The number of carbonyl (C=O) groups excluding carboxylic acids is 2. The molecule has 0 aliphatic heterocycles. The average molecular weight is 363 g/mol. The summed E-state index contributed by atoms with van der Waals surface area (Å²) in [5.41, 5.74) is 1.86. The molecule has 0 heterocycles. The van der Waals surface area contributed by atoms with Crippen LogP contribution >= 0.6 is 11.6 Å². The summed E-state index contributed by atoms with van der Waals surface area (Å²) < 4.78 is 13.6. The van der Waals surface area contributed by atoms with Crippen LogP contribution in [0.15, 0.2) is 42.5 Å². The largest absolute Gasteiger partial charge is 0.354 e. The lowest BCUT2D eigenvalue weighted by Crippen LogP contribution is -2.38. The van der Waals surface area contributed by atoms with E-state index in [0.29, 0.717) is 22.8 Å². The van der Waals surface area contributed by atoms with Crippen molar-refractivity contribution in [1.82, 2.24) is 5.32 Å². The Morgan fingerprint density at radius 1 is 1.16 bits per heavy atom. The highest BCUT2D eigenvalue weighted by Crippen LogP contribution is 2.26. The average Bonchev–Trinajstić information content (AvgIpc) is 2.56. The van der Waals surface area contributed by atoms with Crippen LogP contribution in [-0.4, -0.2) is 24.9 Å². The maximum absolute atomic E-state index is 13.6. The Morgan fingerprint density at radius 2 is 1.88 bits per heavy atom. The fraction of sp³-hybridized carbons (Fsp3) is 0.263. The zero-order chi connectivity index (χ0) is 18.4. The molecule has 2 rings (SSSR count). The Morgan fingerprint density at radius 3 is 2.56 bits per heavy atom. The molecule has 0 saturated heterocycles. The van der Waals surface area contributed by atoms with Crippen molar-refractivity contribution in [2.45, 2.75) is 20.3 Å². The molecular formula is C19H20ClFN2O2. The Balaban J connectivity index is 1.96. The molecule has 0 bridgehead atoms. The summed E-state index contributed by atoms with van der Waals surface area (Å²) in [7, 11) is 0. The predicted octanol–water partition coefficient (Wildman–Crippen LogP) is 3.50. The quantitative estimate of drug-likeness (QED) is 0.855. The van der Waals surface area contributed by atoms with Gasteiger partial charge in [-0.15, -0.1) is 0 Å². The molecule has 0 aromatic heterocycles. The third kappa shape index (κ3) is 5.03. The first-order valence-electron chi connectivity index (χ1n) is 7.93. The molecule has 0 aliphatic carbocycles. The SMILES string of the molecule is CC(=O)N(CCNC(=O)Cc1ccccc1F)c1cccc(Cl)c1C. The summed E-state index contributed by atoms with van der Waals surface area (Å²) in [6.45, 7) is 3.87. The first-order chi connectivity index (χ1) is 11.9. The van der Waals surface area contributed by atoms with Crippen molar-refractivity contribution < 1.29 is 14.0 Å². The Labute approximate surface area is 151 Å². The third-order valence-electron chi connectivity index (χ3n) is 3.88. The van der Waals surface area contributed by atoms with Crippen molar-refractivity contribution in [3.05, 3.63) is 64.4 Å². The summed E-state index contributed by atoms with van der Waals surface area (Å²) in [4.78, 5) is 25.5. The molecule has 0 radical (unpaired) electrons. The van der Waals surface area contributed by atoms with Gasteiger partial charge in [0.15, 0.2) is 0 Å². The molecule has 25 heavy (non-hydrogen) atoms. The van der Waals surface area contributed by atoms with Gasteiger partial charge < -0.3 is 10.2 Å². The van der Waals surface area contributed by atoms with Crippen LogP contribution in [0.1, 0.15) is 18.1 Å². The van der Waals surface area contributed by atoms with Gasteiger partial charge in [0.1, 0.15) is 5.82 Å². The van der Waals surface area contributed by atoms with E-state index in [-0.39, 0.29) is 24.8 Å². The maximum atomic E-state index is 13.6. The molecule has 0 saturated carbocycles. The molecule has 6 heteroatoms.